The van der Waals surface area contributed by atoms with Gasteiger partial charge in [-0.1, -0.05) is 38.1 Å². The van der Waals surface area contributed by atoms with E-state index in [2.05, 4.69) is 0 Å². The van der Waals surface area contributed by atoms with E-state index < -0.39 is 10.0 Å². The zero-order chi connectivity index (χ0) is 22.9. The standard InChI is InChI=1S/C25H28N2O4S/c1-4-26(5-2)32(29,30)23-14-13-22-24-20(23)11-7-12-21(24)25(28)27(22)15-8-16-31-19-10-6-9-18(3)17-19/h6-7,9-14,17H,4-5,8,15-16H2,1-3H3. The van der Waals surface area contributed by atoms with Gasteiger partial charge >= 0.3 is 0 Å². The highest BCUT2D eigenvalue weighted by Gasteiger charge is 2.33. The zero-order valence-corrected chi connectivity index (χ0v) is 19.5. The predicted octanol–water partition coefficient (Wildman–Crippen LogP) is 4.61. The van der Waals surface area contributed by atoms with Gasteiger partial charge in [0.25, 0.3) is 5.91 Å². The van der Waals surface area contributed by atoms with Gasteiger partial charge in [-0.15, -0.1) is 0 Å². The van der Waals surface area contributed by atoms with Crippen LogP contribution >= 0.6 is 0 Å². The summed E-state index contributed by atoms with van der Waals surface area (Å²) in [5, 5.41) is 1.31. The van der Waals surface area contributed by atoms with Crippen LogP contribution in [-0.2, 0) is 10.0 Å². The molecule has 0 aromatic heterocycles. The third kappa shape index (κ3) is 3.87. The lowest BCUT2D eigenvalue weighted by Crippen LogP contribution is -2.30. The lowest BCUT2D eigenvalue weighted by molar-refractivity contribution is 0.0992. The van der Waals surface area contributed by atoms with Gasteiger partial charge in [0, 0.05) is 36.0 Å². The Bertz CT molecular complexity index is 1270. The van der Waals surface area contributed by atoms with E-state index in [-0.39, 0.29) is 10.8 Å². The molecule has 3 aromatic rings. The number of amides is 1. The topological polar surface area (TPSA) is 66.9 Å². The molecule has 0 aliphatic carbocycles. The number of carbonyl (C=O) groups is 1. The lowest BCUT2D eigenvalue weighted by Gasteiger charge is -2.21. The summed E-state index contributed by atoms with van der Waals surface area (Å²) >= 11 is 0. The SMILES string of the molecule is CCN(CC)S(=O)(=O)c1ccc2c3c(cccc13)C(=O)N2CCCOc1cccc(C)c1. The van der Waals surface area contributed by atoms with Crippen molar-refractivity contribution in [2.75, 3.05) is 31.1 Å². The molecule has 1 aliphatic rings. The van der Waals surface area contributed by atoms with E-state index in [0.717, 1.165) is 17.0 Å². The third-order valence-corrected chi connectivity index (χ3v) is 7.96. The quantitative estimate of drug-likeness (QED) is 0.445. The van der Waals surface area contributed by atoms with Crippen LogP contribution in [-0.4, -0.2) is 44.9 Å². The summed E-state index contributed by atoms with van der Waals surface area (Å²) in [7, 11) is -3.64. The maximum atomic E-state index is 13.2. The molecular formula is C25H28N2O4S. The molecule has 0 fully saturated rings. The molecule has 0 bridgehead atoms. The molecule has 0 saturated heterocycles. The van der Waals surface area contributed by atoms with E-state index in [1.165, 1.54) is 4.31 Å². The average Bonchev–Trinajstić information content (AvgIpc) is 3.05. The van der Waals surface area contributed by atoms with Crippen LogP contribution in [0, 0.1) is 6.92 Å². The molecule has 1 heterocycles. The van der Waals surface area contributed by atoms with Gasteiger partial charge in [-0.25, -0.2) is 8.42 Å². The first kappa shape index (κ1) is 22.3. The summed E-state index contributed by atoms with van der Waals surface area (Å²) < 4.78 is 33.7. The lowest BCUT2D eigenvalue weighted by atomic mass is 10.1. The number of aryl methyl sites for hydroxylation is 1. The maximum absolute atomic E-state index is 13.2. The molecule has 0 radical (unpaired) electrons. The van der Waals surface area contributed by atoms with Crippen LogP contribution in [0.1, 0.15) is 36.2 Å². The minimum absolute atomic E-state index is 0.0986. The van der Waals surface area contributed by atoms with Gasteiger partial charge < -0.3 is 9.64 Å². The van der Waals surface area contributed by atoms with Crippen molar-refractivity contribution in [1.82, 2.24) is 4.31 Å². The first-order valence-electron chi connectivity index (χ1n) is 11.0. The first-order chi connectivity index (χ1) is 15.4. The smallest absolute Gasteiger partial charge is 0.258 e. The Hall–Kier alpha value is -2.90. The molecule has 1 amide bonds. The van der Waals surface area contributed by atoms with Gasteiger partial charge in [0.15, 0.2) is 0 Å². The molecular weight excluding hydrogens is 424 g/mol. The Balaban J connectivity index is 1.59. The highest BCUT2D eigenvalue weighted by atomic mass is 32.2. The number of benzene rings is 3. The Morgan fingerprint density at radius 3 is 2.47 bits per heavy atom. The van der Waals surface area contributed by atoms with Crippen LogP contribution in [0.2, 0.25) is 0 Å². The number of hydrogen-bond acceptors (Lipinski definition) is 4. The number of nitrogens with zero attached hydrogens (tertiary/aromatic N) is 2. The number of carbonyl (C=O) groups excluding carboxylic acids is 1. The largest absolute Gasteiger partial charge is 0.494 e. The second-order valence-electron chi connectivity index (χ2n) is 7.88. The van der Waals surface area contributed by atoms with Crippen molar-refractivity contribution >= 4 is 32.4 Å². The molecule has 0 saturated carbocycles. The molecule has 168 valence electrons. The third-order valence-electron chi connectivity index (χ3n) is 5.85. The van der Waals surface area contributed by atoms with Gasteiger partial charge in [0.2, 0.25) is 10.0 Å². The molecule has 0 atom stereocenters. The number of ether oxygens (including phenoxy) is 1. The van der Waals surface area contributed by atoms with Gasteiger partial charge in [-0.3, -0.25) is 4.79 Å². The van der Waals surface area contributed by atoms with Crippen LogP contribution in [0.5, 0.6) is 5.75 Å². The van der Waals surface area contributed by atoms with Crippen LogP contribution < -0.4 is 9.64 Å². The van der Waals surface area contributed by atoms with Gasteiger partial charge in [-0.05, 0) is 49.2 Å². The Labute approximate surface area is 189 Å². The summed E-state index contributed by atoms with van der Waals surface area (Å²) in [6, 6.07) is 16.6. The summed E-state index contributed by atoms with van der Waals surface area (Å²) in [6.45, 7) is 7.44. The van der Waals surface area contributed by atoms with Gasteiger partial charge in [-0.2, -0.15) is 4.31 Å². The fourth-order valence-corrected chi connectivity index (χ4v) is 5.93. The van der Waals surface area contributed by atoms with E-state index in [1.807, 2.05) is 45.0 Å². The normalized spacial score (nSPS) is 13.4. The van der Waals surface area contributed by atoms with E-state index in [9.17, 15) is 13.2 Å². The van der Waals surface area contributed by atoms with Crippen LogP contribution in [0.4, 0.5) is 5.69 Å². The summed E-state index contributed by atoms with van der Waals surface area (Å²) in [5.41, 5.74) is 2.44. The van der Waals surface area contributed by atoms with E-state index >= 15 is 0 Å². The summed E-state index contributed by atoms with van der Waals surface area (Å²) in [4.78, 5) is 15.1. The van der Waals surface area contributed by atoms with Crippen molar-refractivity contribution in [2.45, 2.75) is 32.1 Å². The minimum atomic E-state index is -3.64. The number of hydrogen-bond donors (Lipinski definition) is 0. The van der Waals surface area contributed by atoms with Crippen LogP contribution in [0.25, 0.3) is 10.8 Å². The molecule has 4 rings (SSSR count). The Morgan fingerprint density at radius 2 is 1.75 bits per heavy atom. The second-order valence-corrected chi connectivity index (χ2v) is 9.78. The number of anilines is 1. The van der Waals surface area contributed by atoms with Crippen LogP contribution in [0.3, 0.4) is 0 Å². The van der Waals surface area contributed by atoms with E-state index in [1.54, 1.807) is 35.2 Å². The number of rotatable bonds is 9. The van der Waals surface area contributed by atoms with Crippen LogP contribution in [0.15, 0.2) is 59.5 Å². The number of sulfonamides is 1. The van der Waals surface area contributed by atoms with E-state index in [0.29, 0.717) is 49.0 Å². The minimum Gasteiger partial charge on any atom is -0.494 e. The summed E-state index contributed by atoms with van der Waals surface area (Å²) in [6.07, 6.45) is 0.661. The zero-order valence-electron chi connectivity index (χ0n) is 18.7. The Morgan fingerprint density at radius 1 is 1.00 bits per heavy atom. The summed E-state index contributed by atoms with van der Waals surface area (Å²) in [5.74, 6) is 0.716. The van der Waals surface area contributed by atoms with Gasteiger partial charge in [0.1, 0.15) is 5.75 Å². The molecule has 1 aliphatic heterocycles. The first-order valence-corrected chi connectivity index (χ1v) is 12.4. The Kier molecular flexibility index (Phi) is 6.22. The van der Waals surface area contributed by atoms with E-state index in [4.69, 9.17) is 4.74 Å². The van der Waals surface area contributed by atoms with Gasteiger partial charge in [0.05, 0.1) is 17.2 Å². The predicted molar refractivity (Wildman–Crippen MR) is 127 cm³/mol. The highest BCUT2D eigenvalue weighted by molar-refractivity contribution is 7.89. The molecule has 7 heteroatoms. The maximum Gasteiger partial charge on any atom is 0.258 e. The van der Waals surface area contributed by atoms with Crippen molar-refractivity contribution < 1.29 is 17.9 Å². The van der Waals surface area contributed by atoms with Crippen molar-refractivity contribution in [3.8, 4) is 5.75 Å². The molecule has 0 N–H and O–H groups in total. The van der Waals surface area contributed by atoms with Crippen molar-refractivity contribution in [3.05, 3.63) is 65.7 Å². The molecule has 6 nitrogen and oxygen atoms in total. The fourth-order valence-electron chi connectivity index (χ4n) is 4.29. The average molecular weight is 453 g/mol. The second kappa shape index (κ2) is 8.92. The molecule has 32 heavy (non-hydrogen) atoms. The van der Waals surface area contributed by atoms with Crippen molar-refractivity contribution in [2.24, 2.45) is 0 Å². The molecule has 0 spiro atoms. The molecule has 0 unspecified atom stereocenters. The molecule has 3 aromatic carbocycles. The monoisotopic (exact) mass is 452 g/mol. The fraction of sp³-hybridized carbons (Fsp3) is 0.320. The van der Waals surface area contributed by atoms with Crippen molar-refractivity contribution in [3.63, 3.8) is 0 Å². The highest BCUT2D eigenvalue weighted by Crippen LogP contribution is 2.40. The van der Waals surface area contributed by atoms with Crippen molar-refractivity contribution in [1.29, 1.82) is 0 Å².